The summed E-state index contributed by atoms with van der Waals surface area (Å²) < 4.78 is 0. The molecule has 1 N–H and O–H groups in total. The molecule has 16 heavy (non-hydrogen) atoms. The molecule has 2 fully saturated rings. The molecule has 3 heterocycles. The van der Waals surface area contributed by atoms with Crippen molar-refractivity contribution >= 4 is 11.3 Å². The van der Waals surface area contributed by atoms with Crippen molar-refractivity contribution in [3.63, 3.8) is 0 Å². The number of nitrogens with one attached hydrogen (secondary N) is 1. The summed E-state index contributed by atoms with van der Waals surface area (Å²) >= 11 is 1.87. The maximum absolute atomic E-state index is 4.84. The lowest BCUT2D eigenvalue weighted by atomic mass is 9.98. The molecule has 4 heteroatoms. The Morgan fingerprint density at radius 1 is 1.44 bits per heavy atom. The standard InChI is InChI=1S/C12H19N3S/c1-15-4-2-3-9(7-15)12-14-11(8-16-12)10-5-13-6-10/h8-10,13H,2-7H2,1H3. The summed E-state index contributed by atoms with van der Waals surface area (Å²) in [4.78, 5) is 7.27. The van der Waals surface area contributed by atoms with Gasteiger partial charge in [0.1, 0.15) is 0 Å². The highest BCUT2D eigenvalue weighted by Crippen LogP contribution is 2.31. The highest BCUT2D eigenvalue weighted by atomic mass is 32.1. The Morgan fingerprint density at radius 2 is 2.31 bits per heavy atom. The molecule has 3 rings (SSSR count). The van der Waals surface area contributed by atoms with Crippen LogP contribution in [0.4, 0.5) is 0 Å². The molecule has 1 aromatic heterocycles. The van der Waals surface area contributed by atoms with Crippen molar-refractivity contribution in [2.24, 2.45) is 0 Å². The lowest BCUT2D eigenvalue weighted by Crippen LogP contribution is -2.40. The van der Waals surface area contributed by atoms with E-state index in [9.17, 15) is 0 Å². The summed E-state index contributed by atoms with van der Waals surface area (Å²) in [5.74, 6) is 1.37. The van der Waals surface area contributed by atoms with E-state index in [-0.39, 0.29) is 0 Å². The smallest absolute Gasteiger partial charge is 0.0972 e. The first kappa shape index (κ1) is 10.7. The van der Waals surface area contributed by atoms with Crippen molar-refractivity contribution in [3.05, 3.63) is 16.1 Å². The first-order valence-corrected chi connectivity index (χ1v) is 7.05. The maximum atomic E-state index is 4.84. The first-order valence-electron chi connectivity index (χ1n) is 6.17. The molecular formula is C12H19N3S. The van der Waals surface area contributed by atoms with Gasteiger partial charge in [-0.2, -0.15) is 0 Å². The second kappa shape index (κ2) is 4.43. The normalized spacial score (nSPS) is 27.9. The Labute approximate surface area is 101 Å². The van der Waals surface area contributed by atoms with Crippen molar-refractivity contribution in [3.8, 4) is 0 Å². The van der Waals surface area contributed by atoms with E-state index in [1.807, 2.05) is 11.3 Å². The number of hydrogen-bond donors (Lipinski definition) is 1. The van der Waals surface area contributed by atoms with E-state index < -0.39 is 0 Å². The maximum Gasteiger partial charge on any atom is 0.0972 e. The largest absolute Gasteiger partial charge is 0.315 e. The highest BCUT2D eigenvalue weighted by Gasteiger charge is 2.25. The minimum atomic E-state index is 0.686. The van der Waals surface area contributed by atoms with E-state index in [4.69, 9.17) is 4.98 Å². The summed E-state index contributed by atoms with van der Waals surface area (Å²) in [5.41, 5.74) is 1.33. The molecule has 1 atom stereocenters. The Bertz CT molecular complexity index is 359. The fraction of sp³-hybridized carbons (Fsp3) is 0.750. The lowest BCUT2D eigenvalue weighted by Gasteiger charge is -2.28. The number of piperidine rings is 1. The van der Waals surface area contributed by atoms with Crippen LogP contribution in [0.1, 0.15) is 35.4 Å². The quantitative estimate of drug-likeness (QED) is 0.847. The zero-order valence-corrected chi connectivity index (χ0v) is 10.6. The molecular weight excluding hydrogens is 218 g/mol. The third-order valence-corrected chi connectivity index (χ3v) is 4.74. The number of hydrogen-bond acceptors (Lipinski definition) is 4. The Balaban J connectivity index is 1.70. The van der Waals surface area contributed by atoms with Crippen LogP contribution in [0.5, 0.6) is 0 Å². The molecule has 0 aromatic carbocycles. The number of likely N-dealkylation sites (N-methyl/N-ethyl adjacent to an activating group) is 1. The number of nitrogens with zero attached hydrogens (tertiary/aromatic N) is 2. The Kier molecular flexibility index (Phi) is 2.96. The van der Waals surface area contributed by atoms with E-state index in [0.29, 0.717) is 11.8 Å². The van der Waals surface area contributed by atoms with E-state index in [2.05, 4.69) is 22.6 Å². The molecule has 2 saturated heterocycles. The molecule has 3 nitrogen and oxygen atoms in total. The minimum absolute atomic E-state index is 0.686. The summed E-state index contributed by atoms with van der Waals surface area (Å²) in [5, 5.41) is 6.95. The zero-order valence-electron chi connectivity index (χ0n) is 9.78. The predicted molar refractivity (Wildman–Crippen MR) is 67.2 cm³/mol. The van der Waals surface area contributed by atoms with Gasteiger partial charge in [0.15, 0.2) is 0 Å². The molecule has 2 aliphatic rings. The third-order valence-electron chi connectivity index (χ3n) is 3.71. The molecule has 0 amide bonds. The van der Waals surface area contributed by atoms with Crippen LogP contribution in [0.2, 0.25) is 0 Å². The van der Waals surface area contributed by atoms with Crippen molar-refractivity contribution in [2.75, 3.05) is 33.2 Å². The molecule has 2 aliphatic heterocycles. The van der Waals surface area contributed by atoms with Gasteiger partial charge in [0.25, 0.3) is 0 Å². The summed E-state index contributed by atoms with van der Waals surface area (Å²) in [7, 11) is 2.22. The van der Waals surface area contributed by atoms with Gasteiger partial charge in [0.05, 0.1) is 10.7 Å². The number of likely N-dealkylation sites (tertiary alicyclic amines) is 1. The molecule has 0 saturated carbocycles. The van der Waals surface area contributed by atoms with Crippen molar-refractivity contribution in [1.82, 2.24) is 15.2 Å². The first-order chi connectivity index (χ1) is 7.83. The summed E-state index contributed by atoms with van der Waals surface area (Å²) in [6.07, 6.45) is 2.64. The zero-order chi connectivity index (χ0) is 11.0. The van der Waals surface area contributed by atoms with E-state index in [1.165, 1.54) is 36.6 Å². The number of thiazole rings is 1. The van der Waals surface area contributed by atoms with Crippen LogP contribution < -0.4 is 5.32 Å². The van der Waals surface area contributed by atoms with Crippen LogP contribution in [0.3, 0.4) is 0 Å². The van der Waals surface area contributed by atoms with Gasteiger partial charge in [-0.15, -0.1) is 11.3 Å². The second-order valence-electron chi connectivity index (χ2n) is 5.07. The molecule has 1 aromatic rings. The van der Waals surface area contributed by atoms with Crippen molar-refractivity contribution in [1.29, 1.82) is 0 Å². The van der Waals surface area contributed by atoms with Gasteiger partial charge in [0.2, 0.25) is 0 Å². The average molecular weight is 237 g/mol. The van der Waals surface area contributed by atoms with Gasteiger partial charge in [-0.25, -0.2) is 4.98 Å². The SMILES string of the molecule is CN1CCCC(c2nc(C3CNC3)cs2)C1. The van der Waals surface area contributed by atoms with E-state index in [1.54, 1.807) is 0 Å². The Hall–Kier alpha value is -0.450. The van der Waals surface area contributed by atoms with Gasteiger partial charge in [0, 0.05) is 36.9 Å². The van der Waals surface area contributed by atoms with Crippen LogP contribution in [0.25, 0.3) is 0 Å². The average Bonchev–Trinajstić information content (AvgIpc) is 2.64. The number of rotatable bonds is 2. The van der Waals surface area contributed by atoms with Crippen molar-refractivity contribution in [2.45, 2.75) is 24.7 Å². The van der Waals surface area contributed by atoms with Crippen LogP contribution in [-0.2, 0) is 0 Å². The fourth-order valence-electron chi connectivity index (χ4n) is 2.54. The van der Waals surface area contributed by atoms with Gasteiger partial charge >= 0.3 is 0 Å². The topological polar surface area (TPSA) is 28.2 Å². The molecule has 0 radical (unpaired) electrons. The van der Waals surface area contributed by atoms with Crippen LogP contribution in [-0.4, -0.2) is 43.1 Å². The summed E-state index contributed by atoms with van der Waals surface area (Å²) in [6, 6.07) is 0. The molecule has 88 valence electrons. The van der Waals surface area contributed by atoms with Gasteiger partial charge < -0.3 is 10.2 Å². The van der Waals surface area contributed by atoms with Crippen LogP contribution in [0, 0.1) is 0 Å². The lowest BCUT2D eigenvalue weighted by molar-refractivity contribution is 0.250. The molecule has 0 aliphatic carbocycles. The minimum Gasteiger partial charge on any atom is -0.315 e. The fourth-order valence-corrected chi connectivity index (χ4v) is 3.57. The van der Waals surface area contributed by atoms with Gasteiger partial charge in [-0.05, 0) is 26.4 Å². The number of aromatic nitrogens is 1. The van der Waals surface area contributed by atoms with E-state index in [0.717, 1.165) is 13.1 Å². The second-order valence-corrected chi connectivity index (χ2v) is 5.96. The predicted octanol–water partition coefficient (Wildman–Crippen LogP) is 1.64. The van der Waals surface area contributed by atoms with E-state index >= 15 is 0 Å². The molecule has 0 bridgehead atoms. The monoisotopic (exact) mass is 237 g/mol. The van der Waals surface area contributed by atoms with Crippen LogP contribution >= 0.6 is 11.3 Å². The van der Waals surface area contributed by atoms with Gasteiger partial charge in [-0.1, -0.05) is 0 Å². The molecule has 0 spiro atoms. The summed E-state index contributed by atoms with van der Waals surface area (Å²) in [6.45, 7) is 4.68. The van der Waals surface area contributed by atoms with Gasteiger partial charge in [-0.3, -0.25) is 0 Å². The highest BCUT2D eigenvalue weighted by molar-refractivity contribution is 7.09. The molecule has 1 unspecified atom stereocenters. The van der Waals surface area contributed by atoms with Crippen molar-refractivity contribution < 1.29 is 0 Å². The Morgan fingerprint density at radius 3 is 3.00 bits per heavy atom. The third kappa shape index (κ3) is 2.01. The van der Waals surface area contributed by atoms with Crippen LogP contribution in [0.15, 0.2) is 5.38 Å².